The second-order valence-corrected chi connectivity index (χ2v) is 12.2. The van der Waals surface area contributed by atoms with Gasteiger partial charge in [-0.2, -0.15) is 0 Å². The molecule has 0 bridgehead atoms. The molecule has 0 amide bonds. The van der Waals surface area contributed by atoms with E-state index in [0.717, 1.165) is 10.0 Å². The topological polar surface area (TPSA) is 49.7 Å². The van der Waals surface area contributed by atoms with Gasteiger partial charge in [0.2, 0.25) is 0 Å². The van der Waals surface area contributed by atoms with E-state index < -0.39 is 23.3 Å². The van der Waals surface area contributed by atoms with E-state index in [1.54, 1.807) is 60.7 Å². The van der Waals surface area contributed by atoms with E-state index in [1.165, 1.54) is 43.5 Å². The number of hydrogen-bond acceptors (Lipinski definition) is 3. The third kappa shape index (κ3) is 7.06. The molecule has 0 atom stereocenters. The van der Waals surface area contributed by atoms with Gasteiger partial charge in [0.05, 0.1) is 7.11 Å². The van der Waals surface area contributed by atoms with Gasteiger partial charge in [-0.25, -0.2) is 17.6 Å². The molecule has 2 N–H and O–H groups in total. The summed E-state index contributed by atoms with van der Waals surface area (Å²) in [5, 5.41) is 19.7. The largest absolute Gasteiger partial charge is 0.507 e. The fraction of sp³-hybridized carbons (Fsp3) is 0.0526. The number of aromatic hydroxyl groups is 2. The van der Waals surface area contributed by atoms with Crippen LogP contribution in [-0.2, 0) is 0 Å². The van der Waals surface area contributed by atoms with Crippen molar-refractivity contribution in [3.05, 3.63) is 147 Å². The van der Waals surface area contributed by atoms with Crippen molar-refractivity contribution >= 4 is 31.9 Å². The van der Waals surface area contributed by atoms with Gasteiger partial charge in [-0.15, -0.1) is 0 Å². The molecule has 0 saturated carbocycles. The van der Waals surface area contributed by atoms with Crippen molar-refractivity contribution in [1.82, 2.24) is 0 Å². The van der Waals surface area contributed by atoms with E-state index in [9.17, 15) is 27.8 Å². The van der Waals surface area contributed by atoms with Crippen LogP contribution in [0.2, 0.25) is 0 Å². The molecule has 6 rings (SSSR count). The Morgan fingerprint density at radius 2 is 0.894 bits per heavy atom. The highest BCUT2D eigenvalue weighted by atomic mass is 79.9. The zero-order chi connectivity index (χ0) is 33.8. The van der Waals surface area contributed by atoms with Crippen molar-refractivity contribution in [2.45, 2.75) is 6.92 Å². The molecular formula is C38H26Br2F4O3. The Balaban J connectivity index is 0.000000185. The van der Waals surface area contributed by atoms with Crippen LogP contribution in [0.15, 0.2) is 118 Å². The lowest BCUT2D eigenvalue weighted by atomic mass is 9.96. The van der Waals surface area contributed by atoms with Crippen LogP contribution in [0.4, 0.5) is 17.6 Å². The summed E-state index contributed by atoms with van der Waals surface area (Å²) in [5.41, 5.74) is 2.77. The van der Waals surface area contributed by atoms with Crippen molar-refractivity contribution in [2.24, 2.45) is 0 Å². The maximum absolute atomic E-state index is 14.7. The second kappa shape index (κ2) is 14.4. The number of phenols is 2. The summed E-state index contributed by atoms with van der Waals surface area (Å²) in [5.74, 6) is -3.69. The number of benzene rings is 6. The standard InChI is InChI=1S/C20H15BrF2O.C18H11BrF2O2/c1-12-7-8-13(21)11-17(12)16-10-9-15(19(22)20(16)23)14-5-3-4-6-18(14)24-2;19-10-5-8-16(23)14(9-10)13-7-6-12(17(20)18(13)21)11-3-1-2-4-15(11)22/h3-11H,1-2H3;1-9,22-23H. The Morgan fingerprint density at radius 1 is 0.468 bits per heavy atom. The first-order valence-corrected chi connectivity index (χ1v) is 15.7. The quantitative estimate of drug-likeness (QED) is 0.172. The van der Waals surface area contributed by atoms with Gasteiger partial charge in [0.1, 0.15) is 17.2 Å². The highest BCUT2D eigenvalue weighted by Crippen LogP contribution is 2.39. The van der Waals surface area contributed by atoms with Crippen LogP contribution in [-0.4, -0.2) is 17.3 Å². The van der Waals surface area contributed by atoms with Gasteiger partial charge in [0.25, 0.3) is 0 Å². The minimum atomic E-state index is -1.08. The van der Waals surface area contributed by atoms with Crippen LogP contribution in [0.25, 0.3) is 44.5 Å². The lowest BCUT2D eigenvalue weighted by Gasteiger charge is -2.13. The third-order valence-corrected chi connectivity index (χ3v) is 8.48. The molecule has 47 heavy (non-hydrogen) atoms. The molecule has 0 aromatic heterocycles. The summed E-state index contributed by atoms with van der Waals surface area (Å²) in [6.07, 6.45) is 0. The van der Waals surface area contributed by atoms with Crippen LogP contribution in [0.3, 0.4) is 0 Å². The molecule has 0 unspecified atom stereocenters. The van der Waals surface area contributed by atoms with Crippen molar-refractivity contribution in [2.75, 3.05) is 7.11 Å². The molecule has 0 aliphatic carbocycles. The average molecular weight is 766 g/mol. The Labute approximate surface area is 286 Å². The Bertz CT molecular complexity index is 2100. The Kier molecular flexibility index (Phi) is 10.4. The Morgan fingerprint density at radius 3 is 1.47 bits per heavy atom. The lowest BCUT2D eigenvalue weighted by molar-refractivity contribution is 0.416. The number of para-hydroxylation sites is 2. The number of methoxy groups -OCH3 is 1. The van der Waals surface area contributed by atoms with Gasteiger partial charge in [0, 0.05) is 47.9 Å². The molecule has 238 valence electrons. The van der Waals surface area contributed by atoms with Gasteiger partial charge in [-0.05, 0) is 60.5 Å². The predicted molar refractivity (Wildman–Crippen MR) is 184 cm³/mol. The average Bonchev–Trinajstić information content (AvgIpc) is 3.07. The van der Waals surface area contributed by atoms with Crippen LogP contribution in [0, 0.1) is 30.2 Å². The van der Waals surface area contributed by atoms with Crippen molar-refractivity contribution in [1.29, 1.82) is 0 Å². The third-order valence-electron chi connectivity index (χ3n) is 7.49. The zero-order valence-corrected chi connectivity index (χ0v) is 28.1. The van der Waals surface area contributed by atoms with E-state index in [2.05, 4.69) is 31.9 Å². The molecule has 0 aliphatic heterocycles. The number of aryl methyl sites for hydroxylation is 1. The van der Waals surface area contributed by atoms with Crippen LogP contribution in [0.5, 0.6) is 17.2 Å². The minimum Gasteiger partial charge on any atom is -0.507 e. The van der Waals surface area contributed by atoms with E-state index in [0.29, 0.717) is 21.3 Å². The number of hydrogen-bond donors (Lipinski definition) is 2. The minimum absolute atomic E-state index is 0.0427. The number of ether oxygens (including phenoxy) is 1. The number of phenolic OH excluding ortho intramolecular Hbond substituents is 2. The maximum Gasteiger partial charge on any atom is 0.167 e. The van der Waals surface area contributed by atoms with E-state index in [-0.39, 0.29) is 44.9 Å². The van der Waals surface area contributed by atoms with Gasteiger partial charge in [-0.3, -0.25) is 0 Å². The summed E-state index contributed by atoms with van der Waals surface area (Å²) in [6, 6.07) is 29.1. The van der Waals surface area contributed by atoms with Gasteiger partial charge >= 0.3 is 0 Å². The van der Waals surface area contributed by atoms with Crippen molar-refractivity contribution in [3.8, 4) is 61.8 Å². The molecule has 3 nitrogen and oxygen atoms in total. The number of rotatable bonds is 5. The molecule has 0 heterocycles. The first-order valence-electron chi connectivity index (χ1n) is 14.1. The molecule has 0 aliphatic rings. The first-order chi connectivity index (χ1) is 22.5. The molecule has 6 aromatic carbocycles. The highest BCUT2D eigenvalue weighted by molar-refractivity contribution is 9.10. The summed E-state index contributed by atoms with van der Waals surface area (Å²) < 4.78 is 65.1. The second-order valence-electron chi connectivity index (χ2n) is 10.4. The van der Waals surface area contributed by atoms with Gasteiger partial charge in [0.15, 0.2) is 23.3 Å². The normalized spacial score (nSPS) is 10.7. The number of halogens is 6. The SMILES string of the molecule is COc1ccccc1-c1ccc(-c2cc(Br)ccc2C)c(F)c1F.Oc1ccccc1-c1ccc(-c2cc(Br)ccc2O)c(F)c1F. The fourth-order valence-electron chi connectivity index (χ4n) is 5.11. The van der Waals surface area contributed by atoms with E-state index in [1.807, 2.05) is 19.1 Å². The molecule has 0 fully saturated rings. The van der Waals surface area contributed by atoms with E-state index in [4.69, 9.17) is 4.74 Å². The van der Waals surface area contributed by atoms with Crippen LogP contribution >= 0.6 is 31.9 Å². The molecule has 0 radical (unpaired) electrons. The van der Waals surface area contributed by atoms with Crippen LogP contribution in [0.1, 0.15) is 5.56 Å². The first kappa shape index (κ1) is 33.8. The summed E-state index contributed by atoms with van der Waals surface area (Å²) in [4.78, 5) is 0. The zero-order valence-electron chi connectivity index (χ0n) is 25.0. The van der Waals surface area contributed by atoms with E-state index >= 15 is 0 Å². The molecule has 9 heteroatoms. The fourth-order valence-corrected chi connectivity index (χ4v) is 5.83. The smallest absolute Gasteiger partial charge is 0.167 e. The predicted octanol–water partition coefficient (Wildman–Crippen LogP) is 11.9. The molecule has 0 spiro atoms. The molecular weight excluding hydrogens is 740 g/mol. The summed E-state index contributed by atoms with van der Waals surface area (Å²) in [6.45, 7) is 1.87. The molecule has 6 aromatic rings. The van der Waals surface area contributed by atoms with Crippen molar-refractivity contribution in [3.63, 3.8) is 0 Å². The van der Waals surface area contributed by atoms with Crippen molar-refractivity contribution < 1.29 is 32.5 Å². The molecule has 0 saturated heterocycles. The maximum atomic E-state index is 14.7. The summed E-state index contributed by atoms with van der Waals surface area (Å²) >= 11 is 6.61. The van der Waals surface area contributed by atoms with Gasteiger partial charge < -0.3 is 14.9 Å². The highest BCUT2D eigenvalue weighted by Gasteiger charge is 2.20. The monoisotopic (exact) mass is 764 g/mol. The van der Waals surface area contributed by atoms with Crippen LogP contribution < -0.4 is 4.74 Å². The van der Waals surface area contributed by atoms with Gasteiger partial charge in [-0.1, -0.05) is 98.6 Å². The summed E-state index contributed by atoms with van der Waals surface area (Å²) in [7, 11) is 1.51. The lowest BCUT2D eigenvalue weighted by Crippen LogP contribution is -1.97. The Hall–Kier alpha value is -4.60.